The highest BCUT2D eigenvalue weighted by Gasteiger charge is 2.37. The molecule has 0 unspecified atom stereocenters. The van der Waals surface area contributed by atoms with Crippen LogP contribution in [0.25, 0.3) is 0 Å². The first-order chi connectivity index (χ1) is 10.3. The fraction of sp³-hybridized carbons (Fsp3) is 0.333. The summed E-state index contributed by atoms with van der Waals surface area (Å²) < 4.78 is 5.76. The number of benzene rings is 1. The molecule has 0 bridgehead atoms. The van der Waals surface area contributed by atoms with Crippen molar-refractivity contribution >= 4 is 17.5 Å². The second-order valence-corrected chi connectivity index (χ2v) is 6.55. The van der Waals surface area contributed by atoms with E-state index < -0.39 is 0 Å². The summed E-state index contributed by atoms with van der Waals surface area (Å²) in [7, 11) is 0. The van der Waals surface area contributed by atoms with Crippen LogP contribution in [0, 0.1) is 0 Å². The first-order valence-corrected chi connectivity index (χ1v) is 7.45. The Bertz CT molecular complexity index is 778. The van der Waals surface area contributed by atoms with Crippen LogP contribution in [-0.4, -0.2) is 17.1 Å². The Kier molecular flexibility index (Phi) is 3.20. The summed E-state index contributed by atoms with van der Waals surface area (Å²) in [6, 6.07) is 6.90. The van der Waals surface area contributed by atoms with Crippen LogP contribution in [0.15, 0.2) is 28.7 Å². The number of nitrogens with one attached hydrogen (secondary N) is 1. The minimum Gasteiger partial charge on any atom is -0.436 e. The molecule has 0 radical (unpaired) electrons. The lowest BCUT2D eigenvalue weighted by molar-refractivity contribution is 0.0960. The molecule has 4 heteroatoms. The van der Waals surface area contributed by atoms with E-state index in [1.54, 1.807) is 24.3 Å². The molecule has 1 heterocycles. The lowest BCUT2D eigenvalue weighted by Gasteiger charge is -2.20. The minimum atomic E-state index is -0.221. The molecule has 0 saturated heterocycles. The van der Waals surface area contributed by atoms with E-state index in [0.717, 1.165) is 5.56 Å². The number of anilines is 1. The molecule has 0 amide bonds. The first kappa shape index (κ1) is 14.6. The number of furan rings is 1. The van der Waals surface area contributed by atoms with Crippen molar-refractivity contribution in [3.8, 4) is 0 Å². The van der Waals surface area contributed by atoms with Gasteiger partial charge < -0.3 is 9.73 Å². The Hall–Kier alpha value is -2.36. The molecule has 1 aliphatic carbocycles. The van der Waals surface area contributed by atoms with Gasteiger partial charge in [0, 0.05) is 22.2 Å². The highest BCUT2D eigenvalue weighted by atomic mass is 16.4. The van der Waals surface area contributed by atoms with Crippen molar-refractivity contribution in [1.29, 1.82) is 0 Å². The topological polar surface area (TPSA) is 59.3 Å². The van der Waals surface area contributed by atoms with E-state index in [1.807, 2.05) is 27.7 Å². The second kappa shape index (κ2) is 4.83. The number of hydrogen-bond donors (Lipinski definition) is 1. The molecule has 3 rings (SSSR count). The molecule has 1 aromatic heterocycles. The van der Waals surface area contributed by atoms with E-state index >= 15 is 0 Å². The summed E-state index contributed by atoms with van der Waals surface area (Å²) in [4.78, 5) is 25.4. The van der Waals surface area contributed by atoms with Crippen molar-refractivity contribution in [3.05, 3.63) is 52.3 Å². The zero-order valence-corrected chi connectivity index (χ0v) is 13.2. The van der Waals surface area contributed by atoms with Crippen LogP contribution in [0.4, 0.5) is 5.88 Å². The van der Waals surface area contributed by atoms with E-state index in [2.05, 4.69) is 5.32 Å². The highest BCUT2D eigenvalue weighted by Crippen LogP contribution is 2.36. The van der Waals surface area contributed by atoms with Crippen LogP contribution in [0.1, 0.15) is 65.3 Å². The van der Waals surface area contributed by atoms with Crippen molar-refractivity contribution in [1.82, 2.24) is 0 Å². The van der Waals surface area contributed by atoms with Gasteiger partial charge in [0.25, 0.3) is 0 Å². The van der Waals surface area contributed by atoms with Crippen LogP contribution in [0.2, 0.25) is 0 Å². The molecule has 0 aliphatic heterocycles. The predicted octanol–water partition coefficient (Wildman–Crippen LogP) is 3.83. The average Bonchev–Trinajstić information content (AvgIpc) is 2.81. The fourth-order valence-electron chi connectivity index (χ4n) is 2.78. The first-order valence-electron chi connectivity index (χ1n) is 7.45. The van der Waals surface area contributed by atoms with Crippen molar-refractivity contribution in [2.24, 2.45) is 0 Å². The molecule has 0 fully saturated rings. The molecular weight excluding hydrogens is 278 g/mol. The summed E-state index contributed by atoms with van der Waals surface area (Å²) >= 11 is 0. The number of fused-ring (bicyclic) bond motifs is 2. The number of rotatable bonds is 2. The maximum absolute atomic E-state index is 12.8. The predicted molar refractivity (Wildman–Crippen MR) is 84.8 cm³/mol. The van der Waals surface area contributed by atoms with E-state index in [1.165, 1.54) is 0 Å². The summed E-state index contributed by atoms with van der Waals surface area (Å²) in [6.07, 6.45) is 0.623. The smallest absolute Gasteiger partial charge is 0.229 e. The van der Waals surface area contributed by atoms with E-state index in [9.17, 15) is 9.59 Å². The molecule has 1 aliphatic rings. The van der Waals surface area contributed by atoms with Gasteiger partial charge in [0.1, 0.15) is 0 Å². The van der Waals surface area contributed by atoms with Crippen LogP contribution in [0.3, 0.4) is 0 Å². The third-order valence-corrected chi connectivity index (χ3v) is 3.70. The molecule has 1 aromatic carbocycles. The van der Waals surface area contributed by atoms with Crippen LogP contribution in [0.5, 0.6) is 0 Å². The Balaban J connectivity index is 2.21. The largest absolute Gasteiger partial charge is 0.436 e. The maximum Gasteiger partial charge on any atom is 0.229 e. The Labute approximate surface area is 129 Å². The summed E-state index contributed by atoms with van der Waals surface area (Å²) in [6.45, 7) is 7.97. The fourth-order valence-corrected chi connectivity index (χ4v) is 2.78. The van der Waals surface area contributed by atoms with Gasteiger partial charge in [-0.2, -0.15) is 0 Å². The van der Waals surface area contributed by atoms with Gasteiger partial charge in [-0.3, -0.25) is 9.59 Å². The van der Waals surface area contributed by atoms with Gasteiger partial charge in [0.2, 0.25) is 5.78 Å². The van der Waals surface area contributed by atoms with Crippen LogP contribution in [-0.2, 0) is 6.42 Å². The second-order valence-electron chi connectivity index (χ2n) is 6.55. The molecule has 0 atom stereocenters. The Morgan fingerprint density at radius 1 is 1.05 bits per heavy atom. The van der Waals surface area contributed by atoms with E-state index in [4.69, 9.17) is 4.42 Å². The van der Waals surface area contributed by atoms with Gasteiger partial charge >= 0.3 is 0 Å². The molecule has 0 spiro atoms. The monoisotopic (exact) mass is 297 g/mol. The highest BCUT2D eigenvalue weighted by molar-refractivity contribution is 6.28. The van der Waals surface area contributed by atoms with Crippen molar-refractivity contribution in [2.75, 3.05) is 5.32 Å². The zero-order valence-electron chi connectivity index (χ0n) is 13.2. The van der Waals surface area contributed by atoms with Gasteiger partial charge in [0.05, 0.1) is 5.56 Å². The molecule has 2 aromatic rings. The number of ketones is 2. The lowest BCUT2D eigenvalue weighted by atomic mass is 9.86. The quantitative estimate of drug-likeness (QED) is 0.781. The molecule has 0 saturated carbocycles. The van der Waals surface area contributed by atoms with Crippen LogP contribution < -0.4 is 5.32 Å². The summed E-state index contributed by atoms with van der Waals surface area (Å²) in [5.41, 5.74) is 1.84. The standard InChI is InChI=1S/C18H19NO3/c1-5-10-13-14(20)11-8-6-7-9-12(11)15(21)16(13)22-17(10)19-18(2,3)4/h6-9,19H,5H2,1-4H3. The Morgan fingerprint density at radius 2 is 1.64 bits per heavy atom. The van der Waals surface area contributed by atoms with Crippen molar-refractivity contribution in [3.63, 3.8) is 0 Å². The zero-order chi connectivity index (χ0) is 16.1. The normalized spacial score (nSPS) is 13.8. The minimum absolute atomic E-state index is 0.132. The van der Waals surface area contributed by atoms with E-state index in [0.29, 0.717) is 29.0 Å². The Morgan fingerprint density at radius 3 is 2.18 bits per heavy atom. The summed E-state index contributed by atoms with van der Waals surface area (Å²) in [5, 5.41) is 3.25. The van der Waals surface area contributed by atoms with Gasteiger partial charge in [-0.1, -0.05) is 31.2 Å². The van der Waals surface area contributed by atoms with Gasteiger partial charge in [-0.15, -0.1) is 0 Å². The van der Waals surface area contributed by atoms with Crippen molar-refractivity contribution < 1.29 is 14.0 Å². The number of carbonyl (C=O) groups excluding carboxylic acids is 2. The van der Waals surface area contributed by atoms with E-state index in [-0.39, 0.29) is 22.9 Å². The molecule has 1 N–H and O–H groups in total. The number of hydrogen-bond acceptors (Lipinski definition) is 4. The third kappa shape index (κ3) is 2.15. The van der Waals surface area contributed by atoms with Gasteiger partial charge in [-0.25, -0.2) is 0 Å². The average molecular weight is 297 g/mol. The van der Waals surface area contributed by atoms with Gasteiger partial charge in [0.15, 0.2) is 17.4 Å². The number of carbonyl (C=O) groups is 2. The molecular formula is C18H19NO3. The summed E-state index contributed by atoms with van der Waals surface area (Å²) in [5.74, 6) is 0.330. The van der Waals surface area contributed by atoms with Gasteiger partial charge in [-0.05, 0) is 27.2 Å². The van der Waals surface area contributed by atoms with Crippen LogP contribution >= 0.6 is 0 Å². The molecule has 22 heavy (non-hydrogen) atoms. The molecule has 4 nitrogen and oxygen atoms in total. The lowest BCUT2D eigenvalue weighted by Crippen LogP contribution is -2.26. The third-order valence-electron chi connectivity index (χ3n) is 3.70. The SMILES string of the molecule is CCc1c(NC(C)(C)C)oc2c1C(=O)c1ccccc1C2=O. The molecule has 114 valence electrons. The van der Waals surface area contributed by atoms with Crippen molar-refractivity contribution in [2.45, 2.75) is 39.7 Å². The maximum atomic E-state index is 12.8.